The Morgan fingerprint density at radius 3 is 1.88 bits per heavy atom. The summed E-state index contributed by atoms with van der Waals surface area (Å²) in [5.41, 5.74) is 6.09. The average molecular weight is 292 g/mol. The highest BCUT2D eigenvalue weighted by molar-refractivity contribution is 6.74. The Labute approximate surface area is 114 Å². The van der Waals surface area contributed by atoms with E-state index in [1.807, 2.05) is 0 Å². The second-order valence-corrected chi connectivity index (χ2v) is 11.2. The molecule has 1 aromatic carbocycles. The van der Waals surface area contributed by atoms with E-state index in [0.29, 0.717) is 21.5 Å². The van der Waals surface area contributed by atoms with Crippen molar-refractivity contribution in [1.29, 1.82) is 0 Å². The van der Waals surface area contributed by atoms with Gasteiger partial charge in [-0.2, -0.15) is 0 Å². The van der Waals surface area contributed by atoms with Gasteiger partial charge in [-0.3, -0.25) is 0 Å². The van der Waals surface area contributed by atoms with Gasteiger partial charge in [0.05, 0.1) is 15.7 Å². The minimum atomic E-state index is -1.87. The molecule has 2 nitrogen and oxygen atoms in total. The fourth-order valence-corrected chi connectivity index (χ4v) is 2.55. The standard InChI is InChI=1S/C12H19Cl2NOSi/c1-12(2,3)17(4,5)16-8-6-9(13)11(15)10(14)7-8/h6-7H,15H2,1-5H3. The van der Waals surface area contributed by atoms with Crippen molar-refractivity contribution in [2.75, 3.05) is 5.73 Å². The fourth-order valence-electron chi connectivity index (χ4n) is 1.07. The first kappa shape index (κ1) is 14.7. The Kier molecular flexibility index (Phi) is 4.07. The summed E-state index contributed by atoms with van der Waals surface area (Å²) in [5.74, 6) is 0.695. The van der Waals surface area contributed by atoms with E-state index in [2.05, 4.69) is 33.9 Å². The molecule has 5 heteroatoms. The summed E-state index contributed by atoms with van der Waals surface area (Å²) in [6.45, 7) is 10.9. The highest BCUT2D eigenvalue weighted by atomic mass is 35.5. The van der Waals surface area contributed by atoms with Crippen LogP contribution in [0.15, 0.2) is 12.1 Å². The van der Waals surface area contributed by atoms with E-state index in [4.69, 9.17) is 33.4 Å². The quantitative estimate of drug-likeness (QED) is 0.617. The van der Waals surface area contributed by atoms with Gasteiger partial charge in [0.25, 0.3) is 0 Å². The average Bonchev–Trinajstić information content (AvgIpc) is 2.11. The maximum Gasteiger partial charge on any atom is 0.250 e. The minimum absolute atomic E-state index is 0.132. The number of rotatable bonds is 2. The van der Waals surface area contributed by atoms with Crippen LogP contribution in [0.2, 0.25) is 28.2 Å². The number of hydrogen-bond acceptors (Lipinski definition) is 2. The van der Waals surface area contributed by atoms with Crippen molar-refractivity contribution in [2.24, 2.45) is 0 Å². The lowest BCUT2D eigenvalue weighted by atomic mass is 10.2. The van der Waals surface area contributed by atoms with Gasteiger partial charge in [0.15, 0.2) is 0 Å². The predicted octanol–water partition coefficient (Wildman–Crippen LogP) is 4.96. The summed E-state index contributed by atoms with van der Waals surface area (Å²) in [5, 5.41) is 1.00. The molecule has 0 heterocycles. The maximum atomic E-state index is 6.10. The molecular formula is C12H19Cl2NOSi. The first-order chi connectivity index (χ1) is 7.54. The van der Waals surface area contributed by atoms with Crippen molar-refractivity contribution in [1.82, 2.24) is 0 Å². The molecule has 0 saturated carbocycles. The third-order valence-electron chi connectivity index (χ3n) is 3.23. The number of anilines is 1. The summed E-state index contributed by atoms with van der Waals surface area (Å²) >= 11 is 12.0. The molecule has 0 aliphatic carbocycles. The Morgan fingerprint density at radius 2 is 1.53 bits per heavy atom. The molecule has 0 radical (unpaired) electrons. The number of benzene rings is 1. The van der Waals surface area contributed by atoms with Gasteiger partial charge < -0.3 is 10.2 Å². The van der Waals surface area contributed by atoms with E-state index in [1.54, 1.807) is 12.1 Å². The van der Waals surface area contributed by atoms with Crippen LogP contribution in [0.25, 0.3) is 0 Å². The van der Waals surface area contributed by atoms with Crippen molar-refractivity contribution < 1.29 is 4.43 Å². The summed E-state index contributed by atoms with van der Waals surface area (Å²) in [7, 11) is -1.87. The van der Waals surface area contributed by atoms with Crippen LogP contribution in [0.5, 0.6) is 5.75 Å². The molecule has 0 spiro atoms. The summed E-state index contributed by atoms with van der Waals surface area (Å²) in [6, 6.07) is 3.45. The lowest BCUT2D eigenvalue weighted by molar-refractivity contribution is 0.492. The van der Waals surface area contributed by atoms with E-state index in [9.17, 15) is 0 Å². The van der Waals surface area contributed by atoms with Crippen molar-refractivity contribution in [3.63, 3.8) is 0 Å². The Bertz CT molecular complexity index is 404. The molecule has 0 fully saturated rings. The molecule has 0 bridgehead atoms. The Morgan fingerprint density at radius 1 is 1.12 bits per heavy atom. The molecule has 0 unspecified atom stereocenters. The van der Waals surface area contributed by atoms with Crippen LogP contribution in [0.1, 0.15) is 20.8 Å². The van der Waals surface area contributed by atoms with E-state index in [0.717, 1.165) is 0 Å². The van der Waals surface area contributed by atoms with Gasteiger partial charge in [-0.25, -0.2) is 0 Å². The molecule has 0 aromatic heterocycles. The minimum Gasteiger partial charge on any atom is -0.543 e. The van der Waals surface area contributed by atoms with E-state index >= 15 is 0 Å². The molecule has 17 heavy (non-hydrogen) atoms. The van der Waals surface area contributed by atoms with Crippen LogP contribution in [-0.4, -0.2) is 8.32 Å². The zero-order valence-electron chi connectivity index (χ0n) is 10.9. The molecule has 0 atom stereocenters. The predicted molar refractivity (Wildman–Crippen MR) is 78.7 cm³/mol. The van der Waals surface area contributed by atoms with Crippen molar-refractivity contribution >= 4 is 37.2 Å². The summed E-state index contributed by atoms with van der Waals surface area (Å²) in [4.78, 5) is 0. The first-order valence-electron chi connectivity index (χ1n) is 5.48. The van der Waals surface area contributed by atoms with Crippen LogP contribution in [-0.2, 0) is 0 Å². The summed E-state index contributed by atoms with van der Waals surface area (Å²) in [6.07, 6.45) is 0. The van der Waals surface area contributed by atoms with Crippen molar-refractivity contribution in [3.05, 3.63) is 22.2 Å². The highest BCUT2D eigenvalue weighted by Crippen LogP contribution is 2.39. The van der Waals surface area contributed by atoms with Gasteiger partial charge >= 0.3 is 0 Å². The first-order valence-corrected chi connectivity index (χ1v) is 9.14. The van der Waals surface area contributed by atoms with E-state index in [1.165, 1.54) is 0 Å². The third kappa shape index (κ3) is 3.30. The molecule has 0 aliphatic heterocycles. The van der Waals surface area contributed by atoms with Gasteiger partial charge in [0.2, 0.25) is 8.32 Å². The molecular weight excluding hydrogens is 273 g/mol. The van der Waals surface area contributed by atoms with Gasteiger partial charge in [-0.15, -0.1) is 0 Å². The molecule has 96 valence electrons. The lowest BCUT2D eigenvalue weighted by Crippen LogP contribution is -2.43. The van der Waals surface area contributed by atoms with E-state index in [-0.39, 0.29) is 5.04 Å². The largest absolute Gasteiger partial charge is 0.543 e. The summed E-state index contributed by atoms with van der Waals surface area (Å²) < 4.78 is 6.10. The number of halogens is 2. The van der Waals surface area contributed by atoms with Gasteiger partial charge in [-0.05, 0) is 30.3 Å². The smallest absolute Gasteiger partial charge is 0.250 e. The lowest BCUT2D eigenvalue weighted by Gasteiger charge is -2.36. The van der Waals surface area contributed by atoms with Crippen LogP contribution < -0.4 is 10.2 Å². The molecule has 1 aromatic rings. The third-order valence-corrected chi connectivity index (χ3v) is 8.22. The van der Waals surface area contributed by atoms with Crippen LogP contribution in [0.3, 0.4) is 0 Å². The number of nitrogens with two attached hydrogens (primary N) is 1. The number of hydrogen-bond donors (Lipinski definition) is 1. The maximum absolute atomic E-state index is 6.10. The second-order valence-electron chi connectivity index (χ2n) is 5.66. The molecule has 0 saturated heterocycles. The fraction of sp³-hybridized carbons (Fsp3) is 0.500. The van der Waals surface area contributed by atoms with Gasteiger partial charge in [-0.1, -0.05) is 44.0 Å². The molecule has 2 N–H and O–H groups in total. The Balaban J connectivity index is 3.05. The topological polar surface area (TPSA) is 35.2 Å². The normalized spacial score (nSPS) is 12.6. The highest BCUT2D eigenvalue weighted by Gasteiger charge is 2.39. The SMILES string of the molecule is CC(C)(C)[Si](C)(C)Oc1cc(Cl)c(N)c(Cl)c1. The van der Waals surface area contributed by atoms with Crippen molar-refractivity contribution in [3.8, 4) is 5.75 Å². The molecule has 1 rings (SSSR count). The zero-order chi connectivity index (χ0) is 13.4. The van der Waals surface area contributed by atoms with Crippen molar-refractivity contribution in [2.45, 2.75) is 38.9 Å². The van der Waals surface area contributed by atoms with Crippen LogP contribution in [0.4, 0.5) is 5.69 Å². The molecule has 0 amide bonds. The zero-order valence-corrected chi connectivity index (χ0v) is 13.4. The monoisotopic (exact) mass is 291 g/mol. The second kappa shape index (κ2) is 4.71. The van der Waals surface area contributed by atoms with Gasteiger partial charge in [0.1, 0.15) is 5.75 Å². The van der Waals surface area contributed by atoms with Crippen LogP contribution in [0, 0.1) is 0 Å². The van der Waals surface area contributed by atoms with Crippen LogP contribution >= 0.6 is 23.2 Å². The Hall–Kier alpha value is -0.383. The van der Waals surface area contributed by atoms with E-state index < -0.39 is 8.32 Å². The molecule has 0 aliphatic rings. The number of nitrogen functional groups attached to an aromatic ring is 1. The van der Waals surface area contributed by atoms with Gasteiger partial charge in [0, 0.05) is 0 Å².